The first-order chi connectivity index (χ1) is 9.46. The third-order valence-corrected chi connectivity index (χ3v) is 5.83. The van der Waals surface area contributed by atoms with E-state index in [1.807, 2.05) is 12.1 Å². The van der Waals surface area contributed by atoms with Gasteiger partial charge in [0.1, 0.15) is 0 Å². The summed E-state index contributed by atoms with van der Waals surface area (Å²) >= 11 is 6.69. The van der Waals surface area contributed by atoms with E-state index in [0.29, 0.717) is 18.2 Å². The first kappa shape index (κ1) is 16.3. The second kappa shape index (κ2) is 7.24. The Bertz CT molecular complexity index is 557. The molecule has 2 N–H and O–H groups in total. The summed E-state index contributed by atoms with van der Waals surface area (Å²) in [5.41, 5.74) is 0.566. The lowest BCUT2D eigenvalue weighted by molar-refractivity contribution is 0.393. The molecule has 1 aromatic rings. The van der Waals surface area contributed by atoms with Gasteiger partial charge in [-0.05, 0) is 59.9 Å². The minimum Gasteiger partial charge on any atom is -0.314 e. The van der Waals surface area contributed by atoms with Crippen LogP contribution in [0, 0.1) is 0 Å². The minimum atomic E-state index is -3.31. The van der Waals surface area contributed by atoms with E-state index in [1.165, 1.54) is 12.8 Å². The zero-order chi connectivity index (χ0) is 14.6. The normalized spacial score (nSPS) is 19.8. The molecule has 1 aliphatic heterocycles. The van der Waals surface area contributed by atoms with Gasteiger partial charge in [0.2, 0.25) is 10.0 Å². The van der Waals surface area contributed by atoms with Gasteiger partial charge in [0, 0.05) is 15.0 Å². The Morgan fingerprint density at radius 2 is 2.10 bits per heavy atom. The van der Waals surface area contributed by atoms with Crippen molar-refractivity contribution in [3.63, 3.8) is 0 Å². The molecule has 0 amide bonds. The molecule has 0 aromatic heterocycles. The molecule has 1 aliphatic rings. The van der Waals surface area contributed by atoms with Gasteiger partial charge in [-0.3, -0.25) is 4.72 Å². The third kappa shape index (κ3) is 5.02. The maximum absolute atomic E-state index is 12.1. The third-order valence-electron chi connectivity index (χ3n) is 3.34. The Hall–Kier alpha value is -0.110. The number of halogens is 2. The molecule has 1 aromatic carbocycles. The molecule has 20 heavy (non-hydrogen) atoms. The van der Waals surface area contributed by atoms with Crippen LogP contribution in [0.1, 0.15) is 25.7 Å². The number of rotatable bonds is 5. The molecular weight excluding hydrogens is 408 g/mol. The summed E-state index contributed by atoms with van der Waals surface area (Å²) in [5, 5.41) is 3.37. The predicted octanol–water partition coefficient (Wildman–Crippen LogP) is 3.49. The maximum Gasteiger partial charge on any atom is 0.232 e. The molecule has 1 heterocycles. The summed E-state index contributed by atoms with van der Waals surface area (Å²) in [6, 6.07) is 5.74. The molecule has 0 radical (unpaired) electrons. The molecule has 4 nitrogen and oxygen atoms in total. The van der Waals surface area contributed by atoms with Gasteiger partial charge in [0.15, 0.2) is 0 Å². The number of hydrogen-bond acceptors (Lipinski definition) is 3. The molecule has 2 rings (SSSR count). The zero-order valence-corrected chi connectivity index (χ0v) is 15.0. The highest BCUT2D eigenvalue weighted by molar-refractivity contribution is 9.11. The second-order valence-corrected chi connectivity index (χ2v) is 8.59. The van der Waals surface area contributed by atoms with Crippen LogP contribution in [0.3, 0.4) is 0 Å². The Kier molecular flexibility index (Phi) is 5.89. The number of anilines is 1. The van der Waals surface area contributed by atoms with Crippen LogP contribution in [-0.2, 0) is 10.0 Å². The van der Waals surface area contributed by atoms with E-state index in [1.54, 1.807) is 6.07 Å². The van der Waals surface area contributed by atoms with Crippen molar-refractivity contribution in [1.29, 1.82) is 0 Å². The predicted molar refractivity (Wildman–Crippen MR) is 89.5 cm³/mol. The van der Waals surface area contributed by atoms with E-state index in [2.05, 4.69) is 41.9 Å². The SMILES string of the molecule is O=S(=O)(CCC1CCCCN1)Nc1cc(Br)ccc1Br. The summed E-state index contributed by atoms with van der Waals surface area (Å²) in [7, 11) is -3.31. The highest BCUT2D eigenvalue weighted by atomic mass is 79.9. The van der Waals surface area contributed by atoms with Crippen LogP contribution in [0.25, 0.3) is 0 Å². The van der Waals surface area contributed by atoms with E-state index >= 15 is 0 Å². The van der Waals surface area contributed by atoms with Crippen LogP contribution in [0.15, 0.2) is 27.1 Å². The molecule has 112 valence electrons. The molecule has 1 saturated heterocycles. The highest BCUT2D eigenvalue weighted by Gasteiger charge is 2.18. The van der Waals surface area contributed by atoms with Crippen molar-refractivity contribution in [3.8, 4) is 0 Å². The van der Waals surface area contributed by atoms with Crippen molar-refractivity contribution >= 4 is 47.6 Å². The fourth-order valence-corrected chi connectivity index (χ4v) is 4.30. The quantitative estimate of drug-likeness (QED) is 0.758. The lowest BCUT2D eigenvalue weighted by Gasteiger charge is -2.23. The van der Waals surface area contributed by atoms with Gasteiger partial charge in [0.25, 0.3) is 0 Å². The smallest absolute Gasteiger partial charge is 0.232 e. The number of piperidine rings is 1. The Labute approximate surface area is 137 Å². The minimum absolute atomic E-state index is 0.142. The van der Waals surface area contributed by atoms with Crippen molar-refractivity contribution in [1.82, 2.24) is 5.32 Å². The number of sulfonamides is 1. The molecule has 0 spiro atoms. The van der Waals surface area contributed by atoms with Crippen LogP contribution in [-0.4, -0.2) is 26.8 Å². The summed E-state index contributed by atoms with van der Waals surface area (Å²) in [6.07, 6.45) is 4.09. The van der Waals surface area contributed by atoms with Gasteiger partial charge in [-0.1, -0.05) is 22.4 Å². The lowest BCUT2D eigenvalue weighted by Crippen LogP contribution is -2.36. The Morgan fingerprint density at radius 1 is 1.30 bits per heavy atom. The van der Waals surface area contributed by atoms with Gasteiger partial charge in [-0.25, -0.2) is 8.42 Å². The standard InChI is InChI=1S/C13H18Br2N2O2S/c14-10-4-5-12(15)13(9-10)17-20(18,19)8-6-11-3-1-2-7-16-11/h4-5,9,11,16-17H,1-3,6-8H2. The van der Waals surface area contributed by atoms with Crippen molar-refractivity contribution in [2.24, 2.45) is 0 Å². The van der Waals surface area contributed by atoms with Gasteiger partial charge < -0.3 is 5.32 Å². The van der Waals surface area contributed by atoms with Gasteiger partial charge in [-0.2, -0.15) is 0 Å². The zero-order valence-electron chi connectivity index (χ0n) is 11.0. The van der Waals surface area contributed by atoms with Crippen LogP contribution < -0.4 is 10.0 Å². The van der Waals surface area contributed by atoms with Crippen LogP contribution in [0.4, 0.5) is 5.69 Å². The average molecular weight is 426 g/mol. The van der Waals surface area contributed by atoms with Crippen LogP contribution in [0.5, 0.6) is 0 Å². The Morgan fingerprint density at radius 3 is 2.80 bits per heavy atom. The van der Waals surface area contributed by atoms with Gasteiger partial charge >= 0.3 is 0 Å². The molecular formula is C13H18Br2N2O2S. The topological polar surface area (TPSA) is 58.2 Å². The molecule has 0 saturated carbocycles. The van der Waals surface area contributed by atoms with Gasteiger partial charge in [0.05, 0.1) is 11.4 Å². The summed E-state index contributed by atoms with van der Waals surface area (Å²) in [4.78, 5) is 0. The highest BCUT2D eigenvalue weighted by Crippen LogP contribution is 2.27. The first-order valence-electron chi connectivity index (χ1n) is 6.65. The van der Waals surface area contributed by atoms with Gasteiger partial charge in [-0.15, -0.1) is 0 Å². The monoisotopic (exact) mass is 424 g/mol. The van der Waals surface area contributed by atoms with E-state index in [-0.39, 0.29) is 5.75 Å². The Balaban J connectivity index is 1.94. The van der Waals surface area contributed by atoms with Crippen molar-refractivity contribution in [3.05, 3.63) is 27.1 Å². The molecule has 1 unspecified atom stereocenters. The summed E-state index contributed by atoms with van der Waals surface area (Å²) in [6.45, 7) is 0.995. The van der Waals surface area contributed by atoms with E-state index in [0.717, 1.165) is 21.9 Å². The first-order valence-corrected chi connectivity index (χ1v) is 9.89. The summed E-state index contributed by atoms with van der Waals surface area (Å²) < 4.78 is 28.5. The maximum atomic E-state index is 12.1. The van der Waals surface area contributed by atoms with E-state index < -0.39 is 10.0 Å². The number of nitrogens with one attached hydrogen (secondary N) is 2. The van der Waals surface area contributed by atoms with E-state index in [9.17, 15) is 8.42 Å². The molecule has 0 aliphatic carbocycles. The fraction of sp³-hybridized carbons (Fsp3) is 0.538. The lowest BCUT2D eigenvalue weighted by atomic mass is 10.0. The average Bonchev–Trinajstić information content (AvgIpc) is 2.42. The van der Waals surface area contributed by atoms with Crippen molar-refractivity contribution < 1.29 is 8.42 Å². The van der Waals surface area contributed by atoms with Crippen LogP contribution in [0.2, 0.25) is 0 Å². The molecule has 1 atom stereocenters. The van der Waals surface area contributed by atoms with Crippen molar-refractivity contribution in [2.75, 3.05) is 17.0 Å². The van der Waals surface area contributed by atoms with Crippen LogP contribution >= 0.6 is 31.9 Å². The number of hydrogen-bond donors (Lipinski definition) is 2. The largest absolute Gasteiger partial charge is 0.314 e. The number of benzene rings is 1. The van der Waals surface area contributed by atoms with Crippen molar-refractivity contribution in [2.45, 2.75) is 31.7 Å². The fourth-order valence-electron chi connectivity index (χ4n) is 2.26. The second-order valence-electron chi connectivity index (χ2n) is 4.98. The van der Waals surface area contributed by atoms with E-state index in [4.69, 9.17) is 0 Å². The molecule has 7 heteroatoms. The molecule has 1 fully saturated rings. The molecule has 0 bridgehead atoms. The summed E-state index contributed by atoms with van der Waals surface area (Å²) in [5.74, 6) is 0.142.